The number of nitrogens with zero attached hydrogens (tertiary/aromatic N) is 1. The molecule has 2 aromatic carbocycles. The molecule has 3 unspecified atom stereocenters. The number of aliphatic hydroxyl groups is 1. The zero-order chi connectivity index (χ0) is 29.9. The molecule has 2 rings (SSSR count). The largest absolute Gasteiger partial charge is 0.390 e. The number of hydrogen-bond donors (Lipinski definition) is 4. The van der Waals surface area contributed by atoms with Gasteiger partial charge in [0.15, 0.2) is 0 Å². The third kappa shape index (κ3) is 11.8. The van der Waals surface area contributed by atoms with Crippen molar-refractivity contribution in [3.63, 3.8) is 0 Å². The molecular weight excluding hydrogens is 528 g/mol. The van der Waals surface area contributed by atoms with Crippen LogP contribution in [-0.2, 0) is 32.6 Å². The third-order valence-corrected chi connectivity index (χ3v) is 7.65. The summed E-state index contributed by atoms with van der Waals surface area (Å²) in [5, 5.41) is 20.1. The van der Waals surface area contributed by atoms with Crippen molar-refractivity contribution in [3.05, 3.63) is 71.8 Å². The van der Waals surface area contributed by atoms with Crippen molar-refractivity contribution >= 4 is 21.8 Å². The van der Waals surface area contributed by atoms with E-state index in [4.69, 9.17) is 0 Å². The molecule has 0 saturated heterocycles. The van der Waals surface area contributed by atoms with E-state index in [0.29, 0.717) is 6.54 Å². The average molecular weight is 575 g/mol. The summed E-state index contributed by atoms with van der Waals surface area (Å²) in [6.45, 7) is 9.99. The maximum atomic E-state index is 13.6. The first-order chi connectivity index (χ1) is 18.7. The quantitative estimate of drug-likeness (QED) is 0.259. The van der Waals surface area contributed by atoms with E-state index in [1.807, 2.05) is 95.3 Å². The smallest absolute Gasteiger partial charge is 0.243 e. The van der Waals surface area contributed by atoms with Crippen molar-refractivity contribution in [2.45, 2.75) is 65.8 Å². The molecule has 9 nitrogen and oxygen atoms in total. The van der Waals surface area contributed by atoms with Crippen LogP contribution in [0.25, 0.3) is 0 Å². The van der Waals surface area contributed by atoms with Gasteiger partial charge in [-0.05, 0) is 28.9 Å². The second-order valence-electron chi connectivity index (χ2n) is 11.8. The third-order valence-electron chi connectivity index (χ3n) is 6.41. The Labute approximate surface area is 239 Å². The molecule has 3 atom stereocenters. The number of sulfonamides is 1. The molecule has 0 bridgehead atoms. The predicted octanol–water partition coefficient (Wildman–Crippen LogP) is 2.31. The van der Waals surface area contributed by atoms with Gasteiger partial charge >= 0.3 is 0 Å². The zero-order valence-electron chi connectivity index (χ0n) is 24.6. The second kappa shape index (κ2) is 15.3. The van der Waals surface area contributed by atoms with Crippen LogP contribution in [0.1, 0.15) is 45.7 Å². The molecule has 0 aliphatic heterocycles. The molecule has 0 fully saturated rings. The molecular formula is C30H46N4O5S. The minimum Gasteiger partial charge on any atom is -0.390 e. The van der Waals surface area contributed by atoms with Gasteiger partial charge in [-0.15, -0.1) is 0 Å². The van der Waals surface area contributed by atoms with Gasteiger partial charge in [-0.3, -0.25) is 9.59 Å². The van der Waals surface area contributed by atoms with Crippen LogP contribution in [0.2, 0.25) is 0 Å². The number of aliphatic hydroxyl groups excluding tert-OH is 1. The van der Waals surface area contributed by atoms with Crippen LogP contribution in [0, 0.1) is 11.3 Å². The molecule has 2 aromatic rings. The maximum absolute atomic E-state index is 13.6. The first-order valence-electron chi connectivity index (χ1n) is 13.7. The normalized spacial score (nSPS) is 14.5. The van der Waals surface area contributed by atoms with Crippen LogP contribution in [0.5, 0.6) is 0 Å². The van der Waals surface area contributed by atoms with Crippen molar-refractivity contribution in [3.8, 4) is 0 Å². The van der Waals surface area contributed by atoms with E-state index in [1.165, 1.54) is 4.31 Å². The van der Waals surface area contributed by atoms with Crippen LogP contribution in [-0.4, -0.2) is 73.7 Å². The summed E-state index contributed by atoms with van der Waals surface area (Å²) in [6, 6.07) is 17.4. The van der Waals surface area contributed by atoms with E-state index < -0.39 is 39.5 Å². The molecule has 0 saturated carbocycles. The molecule has 0 aromatic heterocycles. The fourth-order valence-corrected chi connectivity index (χ4v) is 5.30. The molecule has 40 heavy (non-hydrogen) atoms. The van der Waals surface area contributed by atoms with Crippen LogP contribution in [0.15, 0.2) is 60.7 Å². The molecule has 222 valence electrons. The molecule has 10 heteroatoms. The Morgan fingerprint density at radius 2 is 1.45 bits per heavy atom. The van der Waals surface area contributed by atoms with Gasteiger partial charge in [0.1, 0.15) is 6.04 Å². The van der Waals surface area contributed by atoms with E-state index in [1.54, 1.807) is 0 Å². The van der Waals surface area contributed by atoms with Gasteiger partial charge < -0.3 is 21.1 Å². The monoisotopic (exact) mass is 574 g/mol. The SMILES string of the molecule is CC(C)CN(CC(O)C(Cc1ccccc1)NC(=O)C(NC(=O)CNCc1ccccc1)C(C)(C)C)S(C)(=O)=O. The summed E-state index contributed by atoms with van der Waals surface area (Å²) in [5.41, 5.74) is 1.29. The van der Waals surface area contributed by atoms with Crippen molar-refractivity contribution < 1.29 is 23.1 Å². The number of carbonyl (C=O) groups excluding carboxylic acids is 2. The first-order valence-corrected chi connectivity index (χ1v) is 15.5. The second-order valence-corrected chi connectivity index (χ2v) is 13.8. The van der Waals surface area contributed by atoms with Gasteiger partial charge in [0.2, 0.25) is 21.8 Å². The highest BCUT2D eigenvalue weighted by atomic mass is 32.2. The molecule has 4 N–H and O–H groups in total. The Kier molecular flexibility index (Phi) is 12.8. The molecule has 2 amide bonds. The zero-order valence-corrected chi connectivity index (χ0v) is 25.4. The van der Waals surface area contributed by atoms with E-state index in [-0.39, 0.29) is 37.9 Å². The van der Waals surface area contributed by atoms with E-state index in [2.05, 4.69) is 16.0 Å². The average Bonchev–Trinajstić information content (AvgIpc) is 2.86. The minimum absolute atomic E-state index is 0.0311. The van der Waals surface area contributed by atoms with Crippen LogP contribution in [0.3, 0.4) is 0 Å². The Bertz CT molecular complexity index is 1170. The molecule has 0 aliphatic carbocycles. The fraction of sp³-hybridized carbons (Fsp3) is 0.533. The van der Waals surface area contributed by atoms with Gasteiger partial charge in [0.25, 0.3) is 0 Å². The summed E-state index contributed by atoms with van der Waals surface area (Å²) in [7, 11) is -3.58. The molecule has 0 spiro atoms. The van der Waals surface area contributed by atoms with Crippen LogP contribution < -0.4 is 16.0 Å². The highest BCUT2D eigenvalue weighted by molar-refractivity contribution is 7.88. The molecule has 0 heterocycles. The van der Waals surface area contributed by atoms with Crippen LogP contribution >= 0.6 is 0 Å². The Balaban J connectivity index is 2.17. The Hall–Kier alpha value is -2.79. The summed E-state index contributed by atoms with van der Waals surface area (Å²) in [6.07, 6.45) is 0.224. The maximum Gasteiger partial charge on any atom is 0.243 e. The topological polar surface area (TPSA) is 128 Å². The van der Waals surface area contributed by atoms with Gasteiger partial charge in [0, 0.05) is 19.6 Å². The summed E-state index contributed by atoms with van der Waals surface area (Å²) in [5.74, 6) is -0.718. The van der Waals surface area contributed by atoms with Crippen molar-refractivity contribution in [1.29, 1.82) is 0 Å². The number of benzene rings is 2. The highest BCUT2D eigenvalue weighted by Crippen LogP contribution is 2.20. The van der Waals surface area contributed by atoms with Crippen molar-refractivity contribution in [1.82, 2.24) is 20.3 Å². The lowest BCUT2D eigenvalue weighted by molar-refractivity contribution is -0.132. The standard InChI is InChI=1S/C30H46N4O5S/c1-22(2)20-34(40(6,38)39)21-26(35)25(17-23-13-9-7-10-14-23)32-29(37)28(30(3,4)5)33-27(36)19-31-18-24-15-11-8-12-16-24/h7-16,22,25-26,28,31,35H,17-21H2,1-6H3,(H,32,37)(H,33,36). The van der Waals surface area contributed by atoms with Gasteiger partial charge in [0.05, 0.1) is 24.9 Å². The minimum atomic E-state index is -3.58. The van der Waals surface area contributed by atoms with Crippen molar-refractivity contribution in [2.75, 3.05) is 25.9 Å². The van der Waals surface area contributed by atoms with Crippen LogP contribution in [0.4, 0.5) is 0 Å². The predicted molar refractivity (Wildman–Crippen MR) is 159 cm³/mol. The lowest BCUT2D eigenvalue weighted by atomic mass is 9.85. The van der Waals surface area contributed by atoms with Crippen molar-refractivity contribution in [2.24, 2.45) is 11.3 Å². The first kappa shape index (κ1) is 33.4. The number of nitrogens with one attached hydrogen (secondary N) is 3. The van der Waals surface area contributed by atoms with E-state index in [9.17, 15) is 23.1 Å². The van der Waals surface area contributed by atoms with E-state index in [0.717, 1.165) is 17.4 Å². The fourth-order valence-electron chi connectivity index (χ4n) is 4.31. The highest BCUT2D eigenvalue weighted by Gasteiger charge is 2.35. The Morgan fingerprint density at radius 3 is 1.95 bits per heavy atom. The number of amides is 2. The van der Waals surface area contributed by atoms with Gasteiger partial charge in [-0.1, -0.05) is 95.3 Å². The lowest BCUT2D eigenvalue weighted by Crippen LogP contribution is -2.59. The van der Waals surface area contributed by atoms with Gasteiger partial charge in [-0.2, -0.15) is 4.31 Å². The van der Waals surface area contributed by atoms with E-state index >= 15 is 0 Å². The summed E-state index contributed by atoms with van der Waals surface area (Å²) < 4.78 is 26.1. The summed E-state index contributed by atoms with van der Waals surface area (Å²) in [4.78, 5) is 26.4. The molecule has 0 radical (unpaired) electrons. The number of hydrogen-bond acceptors (Lipinski definition) is 6. The lowest BCUT2D eigenvalue weighted by Gasteiger charge is -2.34. The summed E-state index contributed by atoms with van der Waals surface area (Å²) >= 11 is 0. The van der Waals surface area contributed by atoms with Gasteiger partial charge in [-0.25, -0.2) is 8.42 Å². The molecule has 0 aliphatic rings. The number of carbonyl (C=O) groups is 2. The number of rotatable bonds is 15. The Morgan fingerprint density at radius 1 is 0.900 bits per heavy atom.